The number of nitrogens with zero attached hydrogens (tertiary/aromatic N) is 2. The molecule has 0 bridgehead atoms. The molecule has 0 aliphatic rings. The van der Waals surface area contributed by atoms with Gasteiger partial charge in [0, 0.05) is 10.0 Å². The summed E-state index contributed by atoms with van der Waals surface area (Å²) < 4.78 is 8.57. The Balaban J connectivity index is 2.11. The maximum absolute atomic E-state index is 12.6. The zero-order chi connectivity index (χ0) is 18.7. The molecule has 0 atom stereocenters. The van der Waals surface area contributed by atoms with Crippen LogP contribution in [0, 0.1) is 6.92 Å². The molecule has 1 aromatic heterocycles. The fourth-order valence-corrected chi connectivity index (χ4v) is 4.05. The highest BCUT2D eigenvalue weighted by Gasteiger charge is 2.13. The van der Waals surface area contributed by atoms with Gasteiger partial charge in [-0.25, -0.2) is 0 Å². The van der Waals surface area contributed by atoms with E-state index in [2.05, 4.69) is 20.9 Å². The normalized spacial score (nSPS) is 11.7. The lowest BCUT2D eigenvalue weighted by Crippen LogP contribution is -2.23. The molecule has 3 rings (SSSR count). The first-order valence-corrected chi connectivity index (χ1v) is 9.69. The van der Waals surface area contributed by atoms with Gasteiger partial charge in [-0.2, -0.15) is 4.99 Å². The van der Waals surface area contributed by atoms with Crippen LogP contribution in [0.1, 0.15) is 22.8 Å². The van der Waals surface area contributed by atoms with E-state index in [0.29, 0.717) is 17.0 Å². The number of thiazole rings is 1. The molecule has 5 nitrogen and oxygen atoms in total. The fourth-order valence-electron chi connectivity index (χ4n) is 2.53. The number of carbonyl (C=O) groups is 2. The summed E-state index contributed by atoms with van der Waals surface area (Å²) in [6, 6.07) is 13.0. The van der Waals surface area contributed by atoms with Gasteiger partial charge in [0.2, 0.25) is 0 Å². The van der Waals surface area contributed by atoms with E-state index in [1.54, 1.807) is 29.7 Å². The van der Waals surface area contributed by atoms with E-state index in [4.69, 9.17) is 4.74 Å². The van der Waals surface area contributed by atoms with Gasteiger partial charge in [-0.05, 0) is 49.7 Å². The average Bonchev–Trinajstić information content (AvgIpc) is 2.91. The molecular formula is C19H17BrN2O3S. The summed E-state index contributed by atoms with van der Waals surface area (Å²) in [7, 11) is 0. The van der Waals surface area contributed by atoms with E-state index in [1.165, 1.54) is 11.3 Å². The summed E-state index contributed by atoms with van der Waals surface area (Å²) in [6.45, 7) is 4.09. The first-order valence-electron chi connectivity index (χ1n) is 8.08. The molecule has 0 saturated carbocycles. The lowest BCUT2D eigenvalue weighted by molar-refractivity contribution is -0.143. The predicted molar refractivity (Wildman–Crippen MR) is 105 cm³/mol. The third-order valence-electron chi connectivity index (χ3n) is 3.70. The number of ether oxygens (including phenoxy) is 1. The number of aromatic nitrogens is 1. The Morgan fingerprint density at radius 3 is 2.77 bits per heavy atom. The number of esters is 1. The highest BCUT2D eigenvalue weighted by Crippen LogP contribution is 2.19. The Hall–Kier alpha value is -2.25. The molecule has 3 aromatic rings. The lowest BCUT2D eigenvalue weighted by Gasteiger charge is -2.05. The van der Waals surface area contributed by atoms with Crippen molar-refractivity contribution < 1.29 is 14.3 Å². The van der Waals surface area contributed by atoms with Crippen molar-refractivity contribution in [3.8, 4) is 0 Å². The number of halogens is 1. The van der Waals surface area contributed by atoms with E-state index < -0.39 is 0 Å². The number of carbonyl (C=O) groups excluding carboxylic acids is 2. The third kappa shape index (κ3) is 4.11. The van der Waals surface area contributed by atoms with Crippen LogP contribution in [0.15, 0.2) is 51.9 Å². The summed E-state index contributed by atoms with van der Waals surface area (Å²) >= 11 is 4.74. The first-order chi connectivity index (χ1) is 12.5. The summed E-state index contributed by atoms with van der Waals surface area (Å²) in [5.74, 6) is -0.712. The number of rotatable bonds is 4. The van der Waals surface area contributed by atoms with Crippen molar-refractivity contribution in [2.24, 2.45) is 4.99 Å². The highest BCUT2D eigenvalue weighted by atomic mass is 79.9. The van der Waals surface area contributed by atoms with Crippen LogP contribution in [0.25, 0.3) is 10.2 Å². The second-order valence-corrected chi connectivity index (χ2v) is 7.60. The Morgan fingerprint density at radius 2 is 2.04 bits per heavy atom. The SMILES string of the molecule is CCOC(=O)Cn1c(=NC(=O)c2cccc(Br)c2)sc2cc(C)ccc21. The highest BCUT2D eigenvalue weighted by molar-refractivity contribution is 9.10. The van der Waals surface area contributed by atoms with Gasteiger partial charge in [0.05, 0.1) is 16.8 Å². The number of hydrogen-bond acceptors (Lipinski definition) is 4. The molecule has 1 amide bonds. The summed E-state index contributed by atoms with van der Waals surface area (Å²) in [5.41, 5.74) is 2.44. The maximum Gasteiger partial charge on any atom is 0.326 e. The van der Waals surface area contributed by atoms with E-state index in [1.807, 2.05) is 31.2 Å². The fraction of sp³-hybridized carbons (Fsp3) is 0.211. The molecule has 0 unspecified atom stereocenters. The largest absolute Gasteiger partial charge is 0.465 e. The van der Waals surface area contributed by atoms with Crippen molar-refractivity contribution in [2.45, 2.75) is 20.4 Å². The third-order valence-corrected chi connectivity index (χ3v) is 5.23. The molecule has 2 aromatic carbocycles. The minimum Gasteiger partial charge on any atom is -0.465 e. The first kappa shape index (κ1) is 18.5. The lowest BCUT2D eigenvalue weighted by atomic mass is 10.2. The number of aryl methyl sites for hydroxylation is 1. The zero-order valence-electron chi connectivity index (χ0n) is 14.4. The number of benzene rings is 2. The van der Waals surface area contributed by atoms with Crippen LogP contribution >= 0.6 is 27.3 Å². The molecule has 0 aliphatic heterocycles. The topological polar surface area (TPSA) is 60.7 Å². The van der Waals surface area contributed by atoms with Gasteiger partial charge >= 0.3 is 5.97 Å². The van der Waals surface area contributed by atoms with Gasteiger partial charge in [-0.15, -0.1) is 0 Å². The van der Waals surface area contributed by atoms with Crippen molar-refractivity contribution in [3.05, 3.63) is 62.9 Å². The molecular weight excluding hydrogens is 416 g/mol. The Morgan fingerprint density at radius 1 is 1.23 bits per heavy atom. The van der Waals surface area contributed by atoms with Crippen LogP contribution in [0.3, 0.4) is 0 Å². The predicted octanol–water partition coefficient (Wildman–Crippen LogP) is 4.08. The van der Waals surface area contributed by atoms with Gasteiger partial charge in [0.25, 0.3) is 5.91 Å². The van der Waals surface area contributed by atoms with Crippen molar-refractivity contribution >= 4 is 49.4 Å². The van der Waals surface area contributed by atoms with Gasteiger partial charge in [-0.3, -0.25) is 9.59 Å². The van der Waals surface area contributed by atoms with Gasteiger partial charge in [-0.1, -0.05) is 39.4 Å². The quantitative estimate of drug-likeness (QED) is 0.583. The average molecular weight is 433 g/mol. The molecule has 0 radical (unpaired) electrons. The van der Waals surface area contributed by atoms with Crippen molar-refractivity contribution in [3.63, 3.8) is 0 Å². The number of fused-ring (bicyclic) bond motifs is 1. The molecule has 0 N–H and O–H groups in total. The van der Waals surface area contributed by atoms with Gasteiger partial charge in [0.1, 0.15) is 6.54 Å². The molecule has 26 heavy (non-hydrogen) atoms. The number of hydrogen-bond donors (Lipinski definition) is 0. The van der Waals surface area contributed by atoms with Crippen LogP contribution in [0.4, 0.5) is 0 Å². The van der Waals surface area contributed by atoms with Crippen molar-refractivity contribution in [1.82, 2.24) is 4.57 Å². The molecule has 0 fully saturated rings. The minimum absolute atomic E-state index is 0.0154. The molecule has 7 heteroatoms. The molecule has 134 valence electrons. The van der Waals surface area contributed by atoms with E-state index >= 15 is 0 Å². The summed E-state index contributed by atoms with van der Waals surface area (Å²) in [6.07, 6.45) is 0. The second-order valence-electron chi connectivity index (χ2n) is 5.67. The van der Waals surface area contributed by atoms with E-state index in [9.17, 15) is 9.59 Å². The molecule has 1 heterocycles. The van der Waals surface area contributed by atoms with Crippen LogP contribution in [0.2, 0.25) is 0 Å². The Kier molecular flexibility index (Phi) is 5.68. The number of amides is 1. The van der Waals surface area contributed by atoms with Crippen LogP contribution in [0.5, 0.6) is 0 Å². The van der Waals surface area contributed by atoms with E-state index in [-0.39, 0.29) is 18.4 Å². The zero-order valence-corrected chi connectivity index (χ0v) is 16.8. The monoisotopic (exact) mass is 432 g/mol. The van der Waals surface area contributed by atoms with Crippen LogP contribution in [-0.4, -0.2) is 23.1 Å². The molecule has 0 saturated heterocycles. The summed E-state index contributed by atoms with van der Waals surface area (Å²) in [4.78, 5) is 29.3. The molecule has 0 spiro atoms. The molecule has 0 aliphatic carbocycles. The van der Waals surface area contributed by atoms with Crippen LogP contribution in [-0.2, 0) is 16.1 Å². The standard InChI is InChI=1S/C19H17BrN2O3S/c1-3-25-17(23)11-22-15-8-7-12(2)9-16(15)26-19(22)21-18(24)13-5-4-6-14(20)10-13/h4-10H,3,11H2,1-2H3. The Labute approximate surface area is 163 Å². The summed E-state index contributed by atoms with van der Waals surface area (Å²) in [5, 5.41) is 0. The van der Waals surface area contributed by atoms with Crippen molar-refractivity contribution in [2.75, 3.05) is 6.61 Å². The van der Waals surface area contributed by atoms with Crippen LogP contribution < -0.4 is 4.80 Å². The smallest absolute Gasteiger partial charge is 0.326 e. The maximum atomic E-state index is 12.6. The second kappa shape index (κ2) is 7.97. The van der Waals surface area contributed by atoms with Gasteiger partial charge in [0.15, 0.2) is 4.80 Å². The van der Waals surface area contributed by atoms with Gasteiger partial charge < -0.3 is 9.30 Å². The Bertz CT molecular complexity index is 1050. The van der Waals surface area contributed by atoms with E-state index in [0.717, 1.165) is 20.3 Å². The minimum atomic E-state index is -0.357. The van der Waals surface area contributed by atoms with Crippen molar-refractivity contribution in [1.29, 1.82) is 0 Å².